The zero-order valence-electron chi connectivity index (χ0n) is 6.44. The van der Waals surface area contributed by atoms with E-state index in [1.807, 2.05) is 22.9 Å². The molecule has 66 valence electrons. The first-order valence-electron chi connectivity index (χ1n) is 3.53. The summed E-state index contributed by atoms with van der Waals surface area (Å²) >= 11 is 7.78. The van der Waals surface area contributed by atoms with Gasteiger partial charge in [0.25, 0.3) is 5.91 Å². The van der Waals surface area contributed by atoms with Gasteiger partial charge in [0.1, 0.15) is 4.32 Å². The van der Waals surface area contributed by atoms with Crippen molar-refractivity contribution < 1.29 is 4.79 Å². The molecule has 0 bridgehead atoms. The molecule has 1 aliphatic rings. The molecule has 1 fully saturated rings. The monoisotopic (exact) mass is 227 g/mol. The SMILES string of the molecule is O=C1NC(=S)S/C1=C\c1ccsc1. The smallest absolute Gasteiger partial charge is 0.263 e. The second kappa shape index (κ2) is 3.61. The molecule has 1 saturated heterocycles. The summed E-state index contributed by atoms with van der Waals surface area (Å²) in [4.78, 5) is 11.9. The van der Waals surface area contributed by atoms with Gasteiger partial charge in [0.2, 0.25) is 0 Å². The lowest BCUT2D eigenvalue weighted by atomic mass is 10.3. The third-order valence-electron chi connectivity index (χ3n) is 1.48. The fraction of sp³-hybridized carbons (Fsp3) is 0. The standard InChI is InChI=1S/C8H5NOS3/c10-7-6(13-8(11)9-7)3-5-1-2-12-4-5/h1-4H,(H,9,10,11)/b6-3-. The lowest BCUT2D eigenvalue weighted by Gasteiger charge is -1.88. The van der Waals surface area contributed by atoms with E-state index in [0.29, 0.717) is 9.23 Å². The van der Waals surface area contributed by atoms with Gasteiger partial charge in [-0.05, 0) is 28.5 Å². The average molecular weight is 227 g/mol. The zero-order valence-corrected chi connectivity index (χ0v) is 8.89. The maximum absolute atomic E-state index is 11.2. The Morgan fingerprint density at radius 3 is 2.92 bits per heavy atom. The van der Waals surface area contributed by atoms with E-state index >= 15 is 0 Å². The number of hydrogen-bond donors (Lipinski definition) is 1. The number of thiophene rings is 1. The molecule has 2 heterocycles. The Labute approximate surface area is 89.0 Å². The van der Waals surface area contributed by atoms with Crippen molar-refractivity contribution in [2.45, 2.75) is 0 Å². The highest BCUT2D eigenvalue weighted by Crippen LogP contribution is 2.26. The molecule has 0 atom stereocenters. The van der Waals surface area contributed by atoms with Crippen LogP contribution in [-0.4, -0.2) is 10.2 Å². The predicted molar refractivity (Wildman–Crippen MR) is 60.6 cm³/mol. The van der Waals surface area contributed by atoms with Crippen LogP contribution in [0, 0.1) is 0 Å². The maximum atomic E-state index is 11.2. The Morgan fingerprint density at radius 2 is 2.38 bits per heavy atom. The Bertz CT molecular complexity index is 380. The van der Waals surface area contributed by atoms with Crippen molar-refractivity contribution in [1.29, 1.82) is 0 Å². The Hall–Kier alpha value is -0.650. The largest absolute Gasteiger partial charge is 0.307 e. The van der Waals surface area contributed by atoms with E-state index in [2.05, 4.69) is 5.32 Å². The quantitative estimate of drug-likeness (QED) is 0.589. The Morgan fingerprint density at radius 1 is 1.54 bits per heavy atom. The summed E-state index contributed by atoms with van der Waals surface area (Å²) in [5, 5.41) is 6.53. The minimum atomic E-state index is -0.0961. The van der Waals surface area contributed by atoms with Crippen molar-refractivity contribution in [2.75, 3.05) is 0 Å². The fourth-order valence-electron chi connectivity index (χ4n) is 0.930. The van der Waals surface area contributed by atoms with Crippen LogP contribution >= 0.6 is 35.3 Å². The highest BCUT2D eigenvalue weighted by Gasteiger charge is 2.21. The minimum Gasteiger partial charge on any atom is -0.307 e. The molecule has 1 aromatic heterocycles. The van der Waals surface area contributed by atoms with E-state index < -0.39 is 0 Å². The van der Waals surface area contributed by atoms with Crippen LogP contribution < -0.4 is 5.32 Å². The molecule has 1 amide bonds. The summed E-state index contributed by atoms with van der Waals surface area (Å²) in [5.74, 6) is -0.0961. The van der Waals surface area contributed by atoms with Gasteiger partial charge >= 0.3 is 0 Å². The van der Waals surface area contributed by atoms with Crippen LogP contribution in [0.4, 0.5) is 0 Å². The van der Waals surface area contributed by atoms with Gasteiger partial charge in [0.05, 0.1) is 4.91 Å². The number of rotatable bonds is 1. The van der Waals surface area contributed by atoms with Crippen molar-refractivity contribution in [2.24, 2.45) is 0 Å². The second-order valence-corrected chi connectivity index (χ2v) is 4.91. The first-order chi connectivity index (χ1) is 6.25. The van der Waals surface area contributed by atoms with Gasteiger partial charge in [-0.15, -0.1) is 0 Å². The molecule has 1 aliphatic heterocycles. The van der Waals surface area contributed by atoms with Crippen molar-refractivity contribution in [3.8, 4) is 0 Å². The average Bonchev–Trinajstić information content (AvgIpc) is 2.63. The predicted octanol–water partition coefficient (Wildman–Crippen LogP) is 2.24. The lowest BCUT2D eigenvalue weighted by molar-refractivity contribution is -0.115. The Kier molecular flexibility index (Phi) is 2.48. The molecule has 0 radical (unpaired) electrons. The molecule has 0 spiro atoms. The van der Waals surface area contributed by atoms with E-state index in [-0.39, 0.29) is 5.91 Å². The number of amides is 1. The lowest BCUT2D eigenvalue weighted by Crippen LogP contribution is -2.17. The van der Waals surface area contributed by atoms with E-state index in [1.165, 1.54) is 11.8 Å². The van der Waals surface area contributed by atoms with Gasteiger partial charge in [-0.3, -0.25) is 4.79 Å². The van der Waals surface area contributed by atoms with Gasteiger partial charge in [-0.1, -0.05) is 24.0 Å². The van der Waals surface area contributed by atoms with Gasteiger partial charge in [0, 0.05) is 0 Å². The Balaban J connectivity index is 2.27. The summed E-state index contributed by atoms with van der Waals surface area (Å²) in [6.45, 7) is 0. The van der Waals surface area contributed by atoms with E-state index in [1.54, 1.807) is 11.3 Å². The highest BCUT2D eigenvalue weighted by atomic mass is 32.2. The van der Waals surface area contributed by atoms with E-state index in [4.69, 9.17) is 12.2 Å². The van der Waals surface area contributed by atoms with Crippen molar-refractivity contribution in [3.05, 3.63) is 27.3 Å². The fourth-order valence-corrected chi connectivity index (χ4v) is 2.59. The molecule has 0 saturated carbocycles. The van der Waals surface area contributed by atoms with Crippen LogP contribution in [0.25, 0.3) is 6.08 Å². The molecule has 0 aliphatic carbocycles. The summed E-state index contributed by atoms with van der Waals surface area (Å²) in [6.07, 6.45) is 1.84. The van der Waals surface area contributed by atoms with Crippen LogP contribution in [0.2, 0.25) is 0 Å². The third-order valence-corrected chi connectivity index (χ3v) is 3.35. The van der Waals surface area contributed by atoms with Crippen LogP contribution in [0.15, 0.2) is 21.7 Å². The topological polar surface area (TPSA) is 29.1 Å². The van der Waals surface area contributed by atoms with Crippen molar-refractivity contribution in [1.82, 2.24) is 5.32 Å². The number of carbonyl (C=O) groups is 1. The van der Waals surface area contributed by atoms with Gasteiger partial charge < -0.3 is 5.32 Å². The molecule has 5 heteroatoms. The number of nitrogens with one attached hydrogen (secondary N) is 1. The molecule has 1 N–H and O–H groups in total. The number of carbonyl (C=O) groups excluding carboxylic acids is 1. The molecule has 13 heavy (non-hydrogen) atoms. The van der Waals surface area contributed by atoms with Crippen LogP contribution in [-0.2, 0) is 4.79 Å². The molecule has 0 unspecified atom stereocenters. The number of hydrogen-bond acceptors (Lipinski definition) is 4. The second-order valence-electron chi connectivity index (χ2n) is 2.41. The highest BCUT2D eigenvalue weighted by molar-refractivity contribution is 8.26. The molecular formula is C8H5NOS3. The normalized spacial score (nSPS) is 19.5. The van der Waals surface area contributed by atoms with E-state index in [0.717, 1.165) is 5.56 Å². The molecule has 2 nitrogen and oxygen atoms in total. The number of thioether (sulfide) groups is 1. The molecular weight excluding hydrogens is 222 g/mol. The minimum absolute atomic E-state index is 0.0961. The zero-order chi connectivity index (χ0) is 9.26. The van der Waals surface area contributed by atoms with Gasteiger partial charge in [-0.2, -0.15) is 11.3 Å². The summed E-state index contributed by atoms with van der Waals surface area (Å²) in [6, 6.07) is 1.97. The third kappa shape index (κ3) is 1.99. The van der Waals surface area contributed by atoms with Crippen molar-refractivity contribution >= 4 is 51.6 Å². The van der Waals surface area contributed by atoms with Gasteiger partial charge in [0.15, 0.2) is 0 Å². The molecule has 1 aromatic rings. The molecule has 2 rings (SSSR count). The maximum Gasteiger partial charge on any atom is 0.263 e. The van der Waals surface area contributed by atoms with E-state index in [9.17, 15) is 4.79 Å². The first kappa shape index (κ1) is 8.93. The summed E-state index contributed by atoms with van der Waals surface area (Å²) in [7, 11) is 0. The summed E-state index contributed by atoms with van der Waals surface area (Å²) in [5.41, 5.74) is 1.05. The van der Waals surface area contributed by atoms with Gasteiger partial charge in [-0.25, -0.2) is 0 Å². The van der Waals surface area contributed by atoms with Crippen LogP contribution in [0.3, 0.4) is 0 Å². The molecule has 0 aromatic carbocycles. The van der Waals surface area contributed by atoms with Crippen LogP contribution in [0.1, 0.15) is 5.56 Å². The van der Waals surface area contributed by atoms with Crippen LogP contribution in [0.5, 0.6) is 0 Å². The number of thiocarbonyl (C=S) groups is 1. The van der Waals surface area contributed by atoms with Crippen molar-refractivity contribution in [3.63, 3.8) is 0 Å². The first-order valence-corrected chi connectivity index (χ1v) is 5.69. The summed E-state index contributed by atoms with van der Waals surface area (Å²) < 4.78 is 0.534.